The molecule has 2 aromatic rings. The van der Waals surface area contributed by atoms with E-state index in [-0.39, 0.29) is 17.2 Å². The Morgan fingerprint density at radius 1 is 1.25 bits per heavy atom. The number of nitrogens with one attached hydrogen (secondary N) is 1. The second-order valence-corrected chi connectivity index (χ2v) is 4.49. The Bertz CT molecular complexity index is 623. The number of benzene rings is 2. The molecule has 0 heterocycles. The van der Waals surface area contributed by atoms with Crippen molar-refractivity contribution in [3.63, 3.8) is 0 Å². The highest BCUT2D eigenvalue weighted by atomic mass is 16.5. The van der Waals surface area contributed by atoms with Crippen LogP contribution >= 0.6 is 0 Å². The molecule has 2 rings (SSSR count). The van der Waals surface area contributed by atoms with Crippen LogP contribution in [0.25, 0.3) is 0 Å². The topological polar surface area (TPSA) is 58.6 Å². The number of ether oxygens (including phenoxy) is 1. The third-order valence-corrected chi connectivity index (χ3v) is 3.15. The number of aryl methyl sites for hydroxylation is 1. The summed E-state index contributed by atoms with van der Waals surface area (Å²) in [5.41, 5.74) is 2.40. The van der Waals surface area contributed by atoms with E-state index >= 15 is 0 Å². The summed E-state index contributed by atoms with van der Waals surface area (Å²) in [6, 6.07) is 12.4. The number of carbonyl (C=O) groups excluding carboxylic acids is 1. The van der Waals surface area contributed by atoms with Crippen LogP contribution in [0, 0.1) is 6.92 Å². The third-order valence-electron chi connectivity index (χ3n) is 3.15. The average molecular weight is 271 g/mol. The first-order chi connectivity index (χ1) is 9.61. The zero-order valence-corrected chi connectivity index (χ0v) is 11.5. The molecule has 1 amide bonds. The van der Waals surface area contributed by atoms with Gasteiger partial charge in [0, 0.05) is 12.6 Å². The van der Waals surface area contributed by atoms with Crippen molar-refractivity contribution >= 4 is 5.91 Å². The van der Waals surface area contributed by atoms with E-state index in [1.165, 1.54) is 13.2 Å². The molecule has 0 aromatic heterocycles. The maximum absolute atomic E-state index is 12.0. The Morgan fingerprint density at radius 2 is 2.00 bits per heavy atom. The van der Waals surface area contributed by atoms with Crippen LogP contribution in [0.4, 0.5) is 0 Å². The minimum Gasteiger partial charge on any atom is -0.507 e. The Balaban J connectivity index is 2.07. The minimum atomic E-state index is -0.312. The predicted octanol–water partition coefficient (Wildman–Crippen LogP) is 2.64. The van der Waals surface area contributed by atoms with Gasteiger partial charge in [-0.1, -0.05) is 24.3 Å². The number of methoxy groups -OCH3 is 1. The molecule has 20 heavy (non-hydrogen) atoms. The van der Waals surface area contributed by atoms with Gasteiger partial charge in [-0.3, -0.25) is 4.79 Å². The number of hydrogen-bond acceptors (Lipinski definition) is 3. The van der Waals surface area contributed by atoms with Crippen molar-refractivity contribution in [2.75, 3.05) is 7.11 Å². The second-order valence-electron chi connectivity index (χ2n) is 4.49. The Kier molecular flexibility index (Phi) is 4.25. The fraction of sp³-hybridized carbons (Fsp3) is 0.188. The molecule has 0 spiro atoms. The van der Waals surface area contributed by atoms with Crippen molar-refractivity contribution in [2.45, 2.75) is 13.5 Å². The van der Waals surface area contributed by atoms with Gasteiger partial charge in [-0.25, -0.2) is 0 Å². The molecular weight excluding hydrogens is 254 g/mol. The van der Waals surface area contributed by atoms with Crippen molar-refractivity contribution in [2.24, 2.45) is 0 Å². The molecule has 104 valence electrons. The van der Waals surface area contributed by atoms with Crippen LogP contribution in [0.3, 0.4) is 0 Å². The van der Waals surface area contributed by atoms with Crippen molar-refractivity contribution < 1.29 is 14.6 Å². The zero-order chi connectivity index (χ0) is 14.5. The summed E-state index contributed by atoms with van der Waals surface area (Å²) in [4.78, 5) is 12.0. The van der Waals surface area contributed by atoms with Crippen LogP contribution in [-0.4, -0.2) is 18.1 Å². The molecule has 0 bridgehead atoms. The highest BCUT2D eigenvalue weighted by molar-refractivity contribution is 5.96. The highest BCUT2D eigenvalue weighted by Crippen LogP contribution is 2.23. The molecule has 0 aliphatic heterocycles. The number of carbonyl (C=O) groups is 1. The number of aromatic hydroxyl groups is 1. The lowest BCUT2D eigenvalue weighted by atomic mass is 10.1. The summed E-state index contributed by atoms with van der Waals surface area (Å²) in [5, 5.41) is 12.6. The molecule has 2 N–H and O–H groups in total. The van der Waals surface area contributed by atoms with Gasteiger partial charge in [0.15, 0.2) is 0 Å². The monoisotopic (exact) mass is 271 g/mol. The van der Waals surface area contributed by atoms with Gasteiger partial charge in [0.05, 0.1) is 12.7 Å². The SMILES string of the molecule is COc1ccc(C(=O)NCc2ccccc2C)c(O)c1. The van der Waals surface area contributed by atoms with E-state index in [1.54, 1.807) is 12.1 Å². The Hall–Kier alpha value is -2.49. The maximum atomic E-state index is 12.0. The summed E-state index contributed by atoms with van der Waals surface area (Å²) in [6.45, 7) is 2.42. The fourth-order valence-electron chi connectivity index (χ4n) is 1.91. The minimum absolute atomic E-state index is 0.0911. The molecule has 4 nitrogen and oxygen atoms in total. The van der Waals surface area contributed by atoms with E-state index in [1.807, 2.05) is 31.2 Å². The van der Waals surface area contributed by atoms with Gasteiger partial charge in [0.1, 0.15) is 11.5 Å². The van der Waals surface area contributed by atoms with Gasteiger partial charge < -0.3 is 15.2 Å². The van der Waals surface area contributed by atoms with Gasteiger partial charge in [0.25, 0.3) is 5.91 Å². The first-order valence-electron chi connectivity index (χ1n) is 6.31. The molecule has 0 radical (unpaired) electrons. The summed E-state index contributed by atoms with van der Waals surface area (Å²) >= 11 is 0. The van der Waals surface area contributed by atoms with Crippen LogP contribution in [0.2, 0.25) is 0 Å². The van der Waals surface area contributed by atoms with Crippen LogP contribution in [0.1, 0.15) is 21.5 Å². The van der Waals surface area contributed by atoms with Crippen LogP contribution in [-0.2, 0) is 6.54 Å². The van der Waals surface area contributed by atoms with E-state index in [0.29, 0.717) is 12.3 Å². The lowest BCUT2D eigenvalue weighted by molar-refractivity contribution is 0.0948. The van der Waals surface area contributed by atoms with Crippen LogP contribution < -0.4 is 10.1 Å². The smallest absolute Gasteiger partial charge is 0.255 e. The maximum Gasteiger partial charge on any atom is 0.255 e. The van der Waals surface area contributed by atoms with Crippen LogP contribution in [0.15, 0.2) is 42.5 Å². The predicted molar refractivity (Wildman–Crippen MR) is 77.0 cm³/mol. The first-order valence-corrected chi connectivity index (χ1v) is 6.31. The Labute approximate surface area is 118 Å². The normalized spacial score (nSPS) is 10.1. The molecule has 2 aromatic carbocycles. The van der Waals surface area contributed by atoms with E-state index in [2.05, 4.69) is 5.32 Å². The lowest BCUT2D eigenvalue weighted by Crippen LogP contribution is -2.23. The van der Waals surface area contributed by atoms with Crippen LogP contribution in [0.5, 0.6) is 11.5 Å². The molecule has 0 saturated heterocycles. The highest BCUT2D eigenvalue weighted by Gasteiger charge is 2.11. The summed E-state index contributed by atoms with van der Waals surface area (Å²) in [6.07, 6.45) is 0. The molecule has 0 aliphatic carbocycles. The quantitative estimate of drug-likeness (QED) is 0.898. The van der Waals surface area contributed by atoms with E-state index in [0.717, 1.165) is 11.1 Å². The zero-order valence-electron chi connectivity index (χ0n) is 11.5. The summed E-state index contributed by atoms with van der Waals surface area (Å²) in [7, 11) is 1.51. The van der Waals surface area contributed by atoms with Gasteiger partial charge in [-0.05, 0) is 30.2 Å². The number of amides is 1. The number of rotatable bonds is 4. The van der Waals surface area contributed by atoms with Crippen molar-refractivity contribution in [1.82, 2.24) is 5.32 Å². The van der Waals surface area contributed by atoms with Crippen molar-refractivity contribution in [3.05, 3.63) is 59.2 Å². The molecule has 0 aliphatic rings. The molecule has 0 unspecified atom stereocenters. The molecule has 4 heteroatoms. The average Bonchev–Trinajstić information content (AvgIpc) is 2.46. The summed E-state index contributed by atoms with van der Waals surface area (Å²) < 4.78 is 4.98. The van der Waals surface area contributed by atoms with Gasteiger partial charge in [-0.15, -0.1) is 0 Å². The molecular formula is C16H17NO3. The number of hydrogen-bond donors (Lipinski definition) is 2. The number of phenolic OH excluding ortho intramolecular Hbond substituents is 1. The lowest BCUT2D eigenvalue weighted by Gasteiger charge is -2.09. The van der Waals surface area contributed by atoms with Gasteiger partial charge >= 0.3 is 0 Å². The standard InChI is InChI=1S/C16H17NO3/c1-11-5-3-4-6-12(11)10-17-16(19)14-8-7-13(20-2)9-15(14)18/h3-9,18H,10H2,1-2H3,(H,17,19). The number of phenols is 1. The molecule has 0 atom stereocenters. The summed E-state index contributed by atoms with van der Waals surface area (Å²) in [5.74, 6) is 0.109. The molecule has 0 saturated carbocycles. The Morgan fingerprint density at radius 3 is 2.65 bits per heavy atom. The van der Waals surface area contributed by atoms with Crippen molar-refractivity contribution in [1.29, 1.82) is 0 Å². The van der Waals surface area contributed by atoms with E-state index in [9.17, 15) is 9.90 Å². The van der Waals surface area contributed by atoms with Gasteiger partial charge in [-0.2, -0.15) is 0 Å². The third kappa shape index (κ3) is 3.09. The largest absolute Gasteiger partial charge is 0.507 e. The van der Waals surface area contributed by atoms with E-state index in [4.69, 9.17) is 4.74 Å². The fourth-order valence-corrected chi connectivity index (χ4v) is 1.91. The second kappa shape index (κ2) is 6.10. The van der Waals surface area contributed by atoms with E-state index < -0.39 is 0 Å². The molecule has 0 fully saturated rings. The van der Waals surface area contributed by atoms with Gasteiger partial charge in [0.2, 0.25) is 0 Å². The first kappa shape index (κ1) is 13.9. The van der Waals surface area contributed by atoms with Crippen molar-refractivity contribution in [3.8, 4) is 11.5 Å².